The van der Waals surface area contributed by atoms with Gasteiger partial charge in [0.25, 0.3) is 11.9 Å². The van der Waals surface area contributed by atoms with E-state index in [2.05, 4.69) is 17.2 Å². The molecule has 0 radical (unpaired) electrons. The maximum absolute atomic E-state index is 12.2. The van der Waals surface area contributed by atoms with Gasteiger partial charge in [-0.25, -0.2) is 4.99 Å². The molecule has 0 spiro atoms. The summed E-state index contributed by atoms with van der Waals surface area (Å²) in [5, 5.41) is 2.68. The van der Waals surface area contributed by atoms with Crippen molar-refractivity contribution in [3.8, 4) is 11.5 Å². The van der Waals surface area contributed by atoms with Gasteiger partial charge in [-0.3, -0.25) is 10.1 Å². The van der Waals surface area contributed by atoms with Gasteiger partial charge in [-0.2, -0.15) is 0 Å². The number of nitrogens with one attached hydrogen (secondary N) is 1. The van der Waals surface area contributed by atoms with Crippen molar-refractivity contribution in [3.05, 3.63) is 23.8 Å². The van der Waals surface area contributed by atoms with E-state index in [0.29, 0.717) is 30.2 Å². The second kappa shape index (κ2) is 7.52. The van der Waals surface area contributed by atoms with Crippen LogP contribution in [0.2, 0.25) is 0 Å². The molecule has 114 valence electrons. The Bertz CT molecular complexity index is 528. The van der Waals surface area contributed by atoms with Crippen LogP contribution < -0.4 is 14.8 Å². The maximum atomic E-state index is 12.2. The summed E-state index contributed by atoms with van der Waals surface area (Å²) in [6.45, 7) is 5.20. The van der Waals surface area contributed by atoms with Gasteiger partial charge in [0.05, 0.1) is 6.61 Å². The quantitative estimate of drug-likeness (QED) is 0.514. The number of hydrogen-bond donors (Lipinski definition) is 1. The summed E-state index contributed by atoms with van der Waals surface area (Å²) in [6, 6.07) is 5.30. The summed E-state index contributed by atoms with van der Waals surface area (Å²) in [5.74, 6) is 0.939. The Hall–Kier alpha value is -2.24. The number of carbonyl (C=O) groups excluding carboxylic acids is 1. The molecule has 21 heavy (non-hydrogen) atoms. The molecular weight excluding hydrogens is 272 g/mol. The van der Waals surface area contributed by atoms with Crippen LogP contribution in [0.1, 0.15) is 37.0 Å². The van der Waals surface area contributed by atoms with Crippen molar-refractivity contribution in [3.63, 3.8) is 0 Å². The van der Waals surface area contributed by atoms with Crippen LogP contribution >= 0.6 is 0 Å². The molecule has 1 heterocycles. The molecule has 1 aliphatic rings. The highest BCUT2D eigenvalue weighted by molar-refractivity contribution is 6.04. The van der Waals surface area contributed by atoms with Crippen LogP contribution in [0.3, 0.4) is 0 Å². The lowest BCUT2D eigenvalue weighted by Gasteiger charge is -2.09. The van der Waals surface area contributed by atoms with E-state index in [4.69, 9.17) is 14.2 Å². The molecule has 1 aromatic rings. The predicted octanol–water partition coefficient (Wildman–Crippen LogP) is 2.34. The van der Waals surface area contributed by atoms with Gasteiger partial charge in [-0.1, -0.05) is 13.3 Å². The van der Waals surface area contributed by atoms with Gasteiger partial charge in [0.2, 0.25) is 6.79 Å². The fourth-order valence-electron chi connectivity index (χ4n) is 1.80. The normalized spacial score (nSPS) is 13.1. The first kappa shape index (κ1) is 15.2. The topological polar surface area (TPSA) is 69.2 Å². The zero-order chi connectivity index (χ0) is 15.1. The van der Waals surface area contributed by atoms with Gasteiger partial charge in [-0.15, -0.1) is 0 Å². The van der Waals surface area contributed by atoms with Crippen LogP contribution in [0.5, 0.6) is 11.5 Å². The van der Waals surface area contributed by atoms with E-state index in [0.717, 1.165) is 12.8 Å². The second-order valence-electron chi connectivity index (χ2n) is 4.50. The molecule has 6 heteroatoms. The fraction of sp³-hybridized carbons (Fsp3) is 0.467. The third-order valence-corrected chi connectivity index (χ3v) is 2.90. The fourth-order valence-corrected chi connectivity index (χ4v) is 1.80. The highest BCUT2D eigenvalue weighted by Crippen LogP contribution is 2.32. The minimum absolute atomic E-state index is 0.184. The average Bonchev–Trinajstić information content (AvgIpc) is 2.95. The molecule has 0 saturated heterocycles. The van der Waals surface area contributed by atoms with Gasteiger partial charge in [0, 0.05) is 12.1 Å². The van der Waals surface area contributed by atoms with Crippen molar-refractivity contribution < 1.29 is 19.0 Å². The minimum atomic E-state index is -0.281. The molecule has 1 amide bonds. The summed E-state index contributed by atoms with van der Waals surface area (Å²) in [5.41, 5.74) is 0.474. The Morgan fingerprint density at radius 2 is 2.14 bits per heavy atom. The highest BCUT2D eigenvalue weighted by atomic mass is 16.7. The number of hydrogen-bond acceptors (Lipinski definition) is 5. The summed E-state index contributed by atoms with van der Waals surface area (Å²) >= 11 is 0. The molecular formula is C15H20N2O4. The monoisotopic (exact) mass is 292 g/mol. The van der Waals surface area contributed by atoms with Gasteiger partial charge >= 0.3 is 0 Å². The molecule has 0 saturated carbocycles. The predicted molar refractivity (Wildman–Crippen MR) is 78.9 cm³/mol. The van der Waals surface area contributed by atoms with Crippen molar-refractivity contribution in [1.29, 1.82) is 0 Å². The van der Waals surface area contributed by atoms with Crippen LogP contribution in [0.15, 0.2) is 23.2 Å². The zero-order valence-corrected chi connectivity index (χ0v) is 12.3. The lowest BCUT2D eigenvalue weighted by atomic mass is 10.2. The van der Waals surface area contributed by atoms with Gasteiger partial charge in [-0.05, 0) is 31.5 Å². The molecule has 1 aromatic carbocycles. The minimum Gasteiger partial charge on any atom is -0.465 e. The maximum Gasteiger partial charge on any atom is 0.291 e. The number of nitrogens with zero attached hydrogens (tertiary/aromatic N) is 1. The molecule has 0 unspecified atom stereocenters. The smallest absolute Gasteiger partial charge is 0.291 e. The molecule has 0 fully saturated rings. The molecule has 1 N–H and O–H groups in total. The van der Waals surface area contributed by atoms with E-state index in [9.17, 15) is 4.79 Å². The number of fused-ring (bicyclic) bond motifs is 1. The Morgan fingerprint density at radius 1 is 1.33 bits per heavy atom. The number of benzene rings is 1. The first-order chi connectivity index (χ1) is 10.2. The first-order valence-electron chi connectivity index (χ1n) is 7.12. The van der Waals surface area contributed by atoms with Crippen molar-refractivity contribution in [2.45, 2.75) is 26.7 Å². The van der Waals surface area contributed by atoms with Crippen LogP contribution in [-0.2, 0) is 4.74 Å². The van der Waals surface area contributed by atoms with Crippen LogP contribution in [0.25, 0.3) is 0 Å². The summed E-state index contributed by atoms with van der Waals surface area (Å²) in [4.78, 5) is 16.4. The SMILES string of the molecule is CCCCN=C(NC(=O)c1ccc2c(c1)OCO2)OCC. The van der Waals surface area contributed by atoms with Crippen molar-refractivity contribution >= 4 is 11.9 Å². The van der Waals surface area contributed by atoms with Crippen LogP contribution in [0.4, 0.5) is 0 Å². The average molecular weight is 292 g/mol. The van der Waals surface area contributed by atoms with Crippen molar-refractivity contribution in [1.82, 2.24) is 5.32 Å². The number of ether oxygens (including phenoxy) is 3. The molecule has 0 aliphatic carbocycles. The van der Waals surface area contributed by atoms with E-state index >= 15 is 0 Å². The Balaban J connectivity index is 2.02. The molecule has 0 atom stereocenters. The highest BCUT2D eigenvalue weighted by Gasteiger charge is 2.17. The van der Waals surface area contributed by atoms with Crippen LogP contribution in [0, 0.1) is 0 Å². The largest absolute Gasteiger partial charge is 0.465 e. The van der Waals surface area contributed by atoms with Gasteiger partial charge in [0.1, 0.15) is 0 Å². The lowest BCUT2D eigenvalue weighted by molar-refractivity contribution is 0.0965. The zero-order valence-electron chi connectivity index (χ0n) is 12.3. The van der Waals surface area contributed by atoms with E-state index < -0.39 is 0 Å². The van der Waals surface area contributed by atoms with Crippen molar-refractivity contribution in [2.75, 3.05) is 19.9 Å². The summed E-state index contributed by atoms with van der Waals surface area (Å²) < 4.78 is 15.8. The third-order valence-electron chi connectivity index (χ3n) is 2.90. The Labute approximate surface area is 124 Å². The molecule has 0 bridgehead atoms. The van der Waals surface area contributed by atoms with E-state index in [1.807, 2.05) is 6.92 Å². The number of amidine groups is 1. The Kier molecular flexibility index (Phi) is 5.43. The van der Waals surface area contributed by atoms with Gasteiger partial charge in [0.15, 0.2) is 11.5 Å². The Morgan fingerprint density at radius 3 is 2.90 bits per heavy atom. The number of rotatable bonds is 5. The number of unbranched alkanes of at least 4 members (excludes halogenated alkanes) is 1. The van der Waals surface area contributed by atoms with Crippen LogP contribution in [-0.4, -0.2) is 31.9 Å². The molecule has 2 rings (SSSR count). The van der Waals surface area contributed by atoms with E-state index in [-0.39, 0.29) is 18.7 Å². The molecule has 0 aromatic heterocycles. The summed E-state index contributed by atoms with van der Waals surface area (Å²) in [6.07, 6.45) is 2.00. The summed E-state index contributed by atoms with van der Waals surface area (Å²) in [7, 11) is 0. The second-order valence-corrected chi connectivity index (χ2v) is 4.50. The van der Waals surface area contributed by atoms with Gasteiger partial charge < -0.3 is 14.2 Å². The number of carbonyl (C=O) groups is 1. The molecule has 6 nitrogen and oxygen atoms in total. The number of aliphatic imine (C=N–C) groups is 1. The molecule has 1 aliphatic heterocycles. The first-order valence-corrected chi connectivity index (χ1v) is 7.12. The standard InChI is InChI=1S/C15H20N2O4/c1-3-5-8-16-15(19-4-2)17-14(18)11-6-7-12-13(9-11)21-10-20-12/h6-7,9H,3-5,8,10H2,1-2H3,(H,16,17,18). The number of amides is 1. The lowest BCUT2D eigenvalue weighted by Crippen LogP contribution is -2.32. The van der Waals surface area contributed by atoms with E-state index in [1.165, 1.54) is 0 Å². The third kappa shape index (κ3) is 4.11. The van der Waals surface area contributed by atoms with Crippen molar-refractivity contribution in [2.24, 2.45) is 4.99 Å². The van der Waals surface area contributed by atoms with E-state index in [1.54, 1.807) is 18.2 Å².